The SMILES string of the molecule is c1cnn(Cc2nc(C3CCCN3)no2)c1. The lowest BCUT2D eigenvalue weighted by molar-refractivity contribution is 0.357. The monoisotopic (exact) mass is 219 g/mol. The molecule has 84 valence electrons. The van der Waals surface area contributed by atoms with Crippen molar-refractivity contribution >= 4 is 0 Å². The summed E-state index contributed by atoms with van der Waals surface area (Å²) in [6.45, 7) is 1.57. The van der Waals surface area contributed by atoms with Crippen molar-refractivity contribution < 1.29 is 4.52 Å². The Bertz CT molecular complexity index is 443. The normalized spacial score (nSPS) is 20.4. The summed E-state index contributed by atoms with van der Waals surface area (Å²) in [6, 6.07) is 2.13. The number of hydrogen-bond acceptors (Lipinski definition) is 5. The summed E-state index contributed by atoms with van der Waals surface area (Å²) in [5.41, 5.74) is 0. The van der Waals surface area contributed by atoms with Gasteiger partial charge in [0, 0.05) is 12.4 Å². The maximum absolute atomic E-state index is 5.19. The van der Waals surface area contributed by atoms with Crippen LogP contribution in [0.5, 0.6) is 0 Å². The standard InChI is InChI=1S/C10H13N5O/c1-3-8(11-4-1)10-13-9(16-14-10)7-15-6-2-5-12-15/h2,5-6,8,11H,1,3-4,7H2. The smallest absolute Gasteiger partial charge is 0.248 e. The van der Waals surface area contributed by atoms with E-state index in [0.29, 0.717) is 12.4 Å². The Kier molecular flexibility index (Phi) is 2.41. The lowest BCUT2D eigenvalue weighted by atomic mass is 10.2. The van der Waals surface area contributed by atoms with E-state index in [1.807, 2.05) is 12.3 Å². The van der Waals surface area contributed by atoms with Gasteiger partial charge in [0.2, 0.25) is 5.89 Å². The predicted octanol–water partition coefficient (Wildman–Crippen LogP) is 0.739. The van der Waals surface area contributed by atoms with E-state index < -0.39 is 0 Å². The zero-order chi connectivity index (χ0) is 10.8. The van der Waals surface area contributed by atoms with Crippen molar-refractivity contribution in [1.82, 2.24) is 25.2 Å². The first-order chi connectivity index (χ1) is 7.92. The van der Waals surface area contributed by atoms with Crippen molar-refractivity contribution in [2.75, 3.05) is 6.54 Å². The summed E-state index contributed by atoms with van der Waals surface area (Å²) in [7, 11) is 0. The zero-order valence-corrected chi connectivity index (χ0v) is 8.83. The Morgan fingerprint density at radius 1 is 1.56 bits per heavy atom. The molecule has 0 spiro atoms. The van der Waals surface area contributed by atoms with Crippen molar-refractivity contribution in [1.29, 1.82) is 0 Å². The molecule has 2 aromatic heterocycles. The molecule has 1 saturated heterocycles. The molecule has 6 nitrogen and oxygen atoms in total. The van der Waals surface area contributed by atoms with Gasteiger partial charge in [0.15, 0.2) is 5.82 Å². The van der Waals surface area contributed by atoms with Gasteiger partial charge in [-0.05, 0) is 25.5 Å². The molecule has 1 atom stereocenters. The molecule has 2 aromatic rings. The highest BCUT2D eigenvalue weighted by molar-refractivity contribution is 4.97. The summed E-state index contributed by atoms with van der Waals surface area (Å²) in [4.78, 5) is 4.37. The molecular formula is C10H13N5O. The van der Waals surface area contributed by atoms with Gasteiger partial charge in [0.05, 0.1) is 6.04 Å². The van der Waals surface area contributed by atoms with Gasteiger partial charge in [-0.1, -0.05) is 5.16 Å². The third kappa shape index (κ3) is 1.83. The molecule has 0 aliphatic carbocycles. The fourth-order valence-electron chi connectivity index (χ4n) is 1.91. The summed E-state index contributed by atoms with van der Waals surface area (Å²) in [6.07, 6.45) is 5.86. The molecule has 0 saturated carbocycles. The fraction of sp³-hybridized carbons (Fsp3) is 0.500. The van der Waals surface area contributed by atoms with Crippen molar-refractivity contribution in [3.8, 4) is 0 Å². The van der Waals surface area contributed by atoms with Gasteiger partial charge < -0.3 is 9.84 Å². The number of hydrogen-bond donors (Lipinski definition) is 1. The number of nitrogens with zero attached hydrogens (tertiary/aromatic N) is 4. The van der Waals surface area contributed by atoms with Gasteiger partial charge in [-0.2, -0.15) is 10.1 Å². The van der Waals surface area contributed by atoms with Gasteiger partial charge in [0.1, 0.15) is 6.54 Å². The topological polar surface area (TPSA) is 68.8 Å². The predicted molar refractivity (Wildman–Crippen MR) is 55.6 cm³/mol. The molecule has 3 heterocycles. The van der Waals surface area contributed by atoms with Crippen LogP contribution in [0.3, 0.4) is 0 Å². The maximum atomic E-state index is 5.19. The molecular weight excluding hydrogens is 206 g/mol. The third-order valence-corrected chi connectivity index (χ3v) is 2.71. The Morgan fingerprint density at radius 3 is 3.31 bits per heavy atom. The van der Waals surface area contributed by atoms with Crippen LogP contribution in [0.4, 0.5) is 0 Å². The highest BCUT2D eigenvalue weighted by Gasteiger charge is 2.21. The minimum atomic E-state index is 0.259. The van der Waals surface area contributed by atoms with Gasteiger partial charge >= 0.3 is 0 Å². The second-order valence-electron chi connectivity index (χ2n) is 3.90. The molecule has 0 bridgehead atoms. The summed E-state index contributed by atoms with van der Waals surface area (Å²) in [5.74, 6) is 1.37. The molecule has 16 heavy (non-hydrogen) atoms. The van der Waals surface area contributed by atoms with E-state index >= 15 is 0 Å². The van der Waals surface area contributed by atoms with E-state index in [1.165, 1.54) is 6.42 Å². The molecule has 1 aliphatic rings. The van der Waals surface area contributed by atoms with Gasteiger partial charge in [-0.3, -0.25) is 4.68 Å². The summed E-state index contributed by atoms with van der Waals surface area (Å²) >= 11 is 0. The molecule has 3 rings (SSSR count). The first-order valence-electron chi connectivity index (χ1n) is 5.45. The maximum Gasteiger partial charge on any atom is 0.248 e. The first kappa shape index (κ1) is 9.53. The van der Waals surface area contributed by atoms with Gasteiger partial charge in [0.25, 0.3) is 0 Å². The minimum absolute atomic E-state index is 0.259. The van der Waals surface area contributed by atoms with E-state index in [1.54, 1.807) is 10.9 Å². The lowest BCUT2D eigenvalue weighted by Gasteiger charge is -2.01. The van der Waals surface area contributed by atoms with E-state index in [4.69, 9.17) is 4.52 Å². The summed E-state index contributed by atoms with van der Waals surface area (Å²) < 4.78 is 6.95. The Morgan fingerprint density at radius 2 is 2.56 bits per heavy atom. The molecule has 1 aliphatic heterocycles. The Hall–Kier alpha value is -1.69. The molecule has 0 aromatic carbocycles. The van der Waals surface area contributed by atoms with E-state index in [-0.39, 0.29) is 6.04 Å². The van der Waals surface area contributed by atoms with E-state index in [2.05, 4.69) is 20.6 Å². The molecule has 0 radical (unpaired) electrons. The molecule has 1 N–H and O–H groups in total. The van der Waals surface area contributed by atoms with E-state index in [9.17, 15) is 0 Å². The highest BCUT2D eigenvalue weighted by Crippen LogP contribution is 2.20. The number of nitrogens with one attached hydrogen (secondary N) is 1. The number of aromatic nitrogens is 4. The fourth-order valence-corrected chi connectivity index (χ4v) is 1.91. The minimum Gasteiger partial charge on any atom is -0.337 e. The first-order valence-corrected chi connectivity index (χ1v) is 5.45. The van der Waals surface area contributed by atoms with Gasteiger partial charge in [-0.15, -0.1) is 0 Å². The average Bonchev–Trinajstić information content (AvgIpc) is 2.99. The second kappa shape index (κ2) is 4.05. The van der Waals surface area contributed by atoms with Crippen LogP contribution in [0.2, 0.25) is 0 Å². The van der Waals surface area contributed by atoms with Crippen LogP contribution in [0.15, 0.2) is 23.0 Å². The van der Waals surface area contributed by atoms with Crippen LogP contribution in [0, 0.1) is 0 Å². The van der Waals surface area contributed by atoms with Crippen LogP contribution >= 0.6 is 0 Å². The zero-order valence-electron chi connectivity index (χ0n) is 8.83. The quantitative estimate of drug-likeness (QED) is 0.824. The van der Waals surface area contributed by atoms with Crippen LogP contribution in [0.25, 0.3) is 0 Å². The van der Waals surface area contributed by atoms with E-state index in [0.717, 1.165) is 18.8 Å². The van der Waals surface area contributed by atoms with Crippen LogP contribution in [0.1, 0.15) is 30.6 Å². The summed E-state index contributed by atoms with van der Waals surface area (Å²) in [5, 5.41) is 11.4. The number of rotatable bonds is 3. The van der Waals surface area contributed by atoms with Crippen LogP contribution in [-0.4, -0.2) is 26.5 Å². The third-order valence-electron chi connectivity index (χ3n) is 2.71. The molecule has 1 fully saturated rings. The molecule has 6 heteroatoms. The largest absolute Gasteiger partial charge is 0.337 e. The average molecular weight is 219 g/mol. The van der Waals surface area contributed by atoms with Crippen molar-refractivity contribution in [3.05, 3.63) is 30.2 Å². The van der Waals surface area contributed by atoms with Gasteiger partial charge in [-0.25, -0.2) is 0 Å². The Balaban J connectivity index is 1.72. The lowest BCUT2D eigenvalue weighted by Crippen LogP contribution is -2.14. The van der Waals surface area contributed by atoms with Crippen LogP contribution in [-0.2, 0) is 6.54 Å². The molecule has 1 unspecified atom stereocenters. The highest BCUT2D eigenvalue weighted by atomic mass is 16.5. The second-order valence-corrected chi connectivity index (χ2v) is 3.90. The Labute approximate surface area is 92.6 Å². The van der Waals surface area contributed by atoms with Crippen molar-refractivity contribution in [2.24, 2.45) is 0 Å². The van der Waals surface area contributed by atoms with Crippen LogP contribution < -0.4 is 5.32 Å². The van der Waals surface area contributed by atoms with Crippen molar-refractivity contribution in [2.45, 2.75) is 25.4 Å². The molecule has 0 amide bonds. The van der Waals surface area contributed by atoms with Crippen molar-refractivity contribution in [3.63, 3.8) is 0 Å².